The lowest BCUT2D eigenvalue weighted by molar-refractivity contribution is -0.386. The Balaban J connectivity index is 2.47. The fourth-order valence-electron chi connectivity index (χ4n) is 2.98. The summed E-state index contributed by atoms with van der Waals surface area (Å²) in [6, 6.07) is 3.20. The van der Waals surface area contributed by atoms with Crippen molar-refractivity contribution in [1.82, 2.24) is 10.2 Å². The van der Waals surface area contributed by atoms with Gasteiger partial charge in [0, 0.05) is 32.2 Å². The highest BCUT2D eigenvalue weighted by atomic mass is 16.6. The van der Waals surface area contributed by atoms with Gasteiger partial charge in [0.2, 0.25) is 0 Å². The van der Waals surface area contributed by atoms with E-state index in [-0.39, 0.29) is 16.7 Å². The molecule has 7 nitrogen and oxygen atoms in total. The first-order chi connectivity index (χ1) is 10.6. The summed E-state index contributed by atoms with van der Waals surface area (Å²) < 4.78 is 10.5. The van der Waals surface area contributed by atoms with Gasteiger partial charge >= 0.3 is 0 Å². The number of piperazine rings is 1. The van der Waals surface area contributed by atoms with Crippen LogP contribution in [0.15, 0.2) is 12.1 Å². The van der Waals surface area contributed by atoms with Gasteiger partial charge in [-0.15, -0.1) is 0 Å². The molecule has 0 aliphatic carbocycles. The van der Waals surface area contributed by atoms with E-state index in [9.17, 15) is 10.1 Å². The van der Waals surface area contributed by atoms with E-state index in [4.69, 9.17) is 9.47 Å². The number of ether oxygens (including phenoxy) is 2. The Morgan fingerprint density at radius 1 is 1.27 bits per heavy atom. The number of hydrogen-bond donors (Lipinski definition) is 1. The van der Waals surface area contributed by atoms with Gasteiger partial charge in [0.1, 0.15) is 0 Å². The summed E-state index contributed by atoms with van der Waals surface area (Å²) in [5.41, 5.74) is 0.773. The van der Waals surface area contributed by atoms with Crippen LogP contribution in [-0.2, 0) is 0 Å². The molecule has 1 aliphatic rings. The van der Waals surface area contributed by atoms with E-state index in [2.05, 4.69) is 10.2 Å². The summed E-state index contributed by atoms with van der Waals surface area (Å²) in [5.74, 6) is 0.907. The van der Waals surface area contributed by atoms with E-state index >= 15 is 0 Å². The van der Waals surface area contributed by atoms with Gasteiger partial charge in [-0.3, -0.25) is 15.0 Å². The van der Waals surface area contributed by atoms with Gasteiger partial charge in [-0.05, 0) is 12.5 Å². The van der Waals surface area contributed by atoms with Crippen molar-refractivity contribution in [2.45, 2.75) is 19.4 Å². The van der Waals surface area contributed by atoms with Crippen LogP contribution in [0.5, 0.6) is 11.5 Å². The zero-order valence-corrected chi connectivity index (χ0v) is 13.3. The van der Waals surface area contributed by atoms with Crippen molar-refractivity contribution in [3.8, 4) is 11.5 Å². The molecule has 1 N–H and O–H groups in total. The van der Waals surface area contributed by atoms with Gasteiger partial charge in [-0.1, -0.05) is 6.92 Å². The lowest BCUT2D eigenvalue weighted by Gasteiger charge is -2.34. The van der Waals surface area contributed by atoms with Crippen molar-refractivity contribution in [3.05, 3.63) is 27.8 Å². The van der Waals surface area contributed by atoms with Crippen LogP contribution < -0.4 is 14.8 Å². The average molecular weight is 309 g/mol. The summed E-state index contributed by atoms with van der Waals surface area (Å²) in [7, 11) is 3.02. The third-order valence-corrected chi connectivity index (χ3v) is 4.07. The van der Waals surface area contributed by atoms with Gasteiger partial charge < -0.3 is 14.8 Å². The molecular weight excluding hydrogens is 286 g/mol. The van der Waals surface area contributed by atoms with E-state index in [0.717, 1.165) is 32.6 Å². The summed E-state index contributed by atoms with van der Waals surface area (Å²) in [5, 5.41) is 14.8. The molecule has 1 aliphatic heterocycles. The Morgan fingerprint density at radius 3 is 2.36 bits per heavy atom. The monoisotopic (exact) mass is 309 g/mol. The quantitative estimate of drug-likeness (QED) is 0.639. The molecule has 0 radical (unpaired) electrons. The van der Waals surface area contributed by atoms with E-state index in [0.29, 0.717) is 17.1 Å². The molecule has 1 aromatic carbocycles. The molecule has 1 atom stereocenters. The predicted octanol–water partition coefficient (Wildman–Crippen LogP) is 1.97. The maximum absolute atomic E-state index is 11.5. The molecule has 1 heterocycles. The Kier molecular flexibility index (Phi) is 5.57. The number of nitro groups is 1. The number of hydrogen-bond acceptors (Lipinski definition) is 6. The molecule has 0 saturated carbocycles. The van der Waals surface area contributed by atoms with E-state index < -0.39 is 0 Å². The Morgan fingerprint density at radius 2 is 1.86 bits per heavy atom. The lowest BCUT2D eigenvalue weighted by atomic mass is 9.99. The van der Waals surface area contributed by atoms with Gasteiger partial charge in [-0.2, -0.15) is 0 Å². The van der Waals surface area contributed by atoms with Gasteiger partial charge in [-0.25, -0.2) is 0 Å². The minimum atomic E-state index is -0.345. The molecule has 7 heteroatoms. The number of benzene rings is 1. The van der Waals surface area contributed by atoms with Crippen molar-refractivity contribution >= 4 is 5.69 Å². The molecule has 22 heavy (non-hydrogen) atoms. The van der Waals surface area contributed by atoms with Crippen molar-refractivity contribution in [3.63, 3.8) is 0 Å². The predicted molar refractivity (Wildman–Crippen MR) is 83.7 cm³/mol. The second kappa shape index (κ2) is 7.42. The van der Waals surface area contributed by atoms with Crippen LogP contribution in [0.1, 0.15) is 24.9 Å². The molecule has 1 fully saturated rings. The number of nitro benzene ring substituents is 1. The molecule has 0 spiro atoms. The second-order valence-corrected chi connectivity index (χ2v) is 5.23. The lowest BCUT2D eigenvalue weighted by Crippen LogP contribution is -2.45. The summed E-state index contributed by atoms with van der Waals surface area (Å²) in [6.07, 6.45) is 0.802. The molecule has 122 valence electrons. The minimum absolute atomic E-state index is 0.00214. The molecule has 1 aromatic rings. The SMILES string of the molecule is CC[C@H](c1cc(OC)c(OC)cc1[N+](=O)[O-])N1CCNCC1. The topological polar surface area (TPSA) is 76.9 Å². The van der Waals surface area contributed by atoms with Crippen LogP contribution >= 0.6 is 0 Å². The van der Waals surface area contributed by atoms with Crippen LogP contribution in [0.3, 0.4) is 0 Å². The van der Waals surface area contributed by atoms with Crippen molar-refractivity contribution < 1.29 is 14.4 Å². The molecule has 0 amide bonds. The molecule has 1 saturated heterocycles. The Bertz CT molecular complexity index is 530. The van der Waals surface area contributed by atoms with Gasteiger partial charge in [0.05, 0.1) is 30.8 Å². The first kappa shape index (κ1) is 16.5. The van der Waals surface area contributed by atoms with Crippen LogP contribution in [0.4, 0.5) is 5.69 Å². The maximum Gasteiger partial charge on any atom is 0.278 e. The number of rotatable bonds is 6. The average Bonchev–Trinajstić information content (AvgIpc) is 2.55. The molecule has 2 rings (SSSR count). The largest absolute Gasteiger partial charge is 0.493 e. The highest BCUT2D eigenvalue weighted by Gasteiger charge is 2.29. The molecule has 0 aromatic heterocycles. The molecule has 0 bridgehead atoms. The van der Waals surface area contributed by atoms with Crippen LogP contribution in [-0.4, -0.2) is 50.2 Å². The number of nitrogens with one attached hydrogen (secondary N) is 1. The zero-order chi connectivity index (χ0) is 16.1. The second-order valence-electron chi connectivity index (χ2n) is 5.23. The Hall–Kier alpha value is -1.86. The third-order valence-electron chi connectivity index (χ3n) is 4.07. The zero-order valence-electron chi connectivity index (χ0n) is 13.3. The van der Waals surface area contributed by atoms with Crippen LogP contribution in [0, 0.1) is 10.1 Å². The van der Waals surface area contributed by atoms with E-state index in [1.54, 1.807) is 13.2 Å². The fraction of sp³-hybridized carbons (Fsp3) is 0.600. The first-order valence-electron chi connectivity index (χ1n) is 7.47. The van der Waals surface area contributed by atoms with Gasteiger partial charge in [0.25, 0.3) is 5.69 Å². The standard InChI is InChI=1S/C15H23N3O4/c1-4-12(17-7-5-16-6-8-17)11-9-14(21-2)15(22-3)10-13(11)18(19)20/h9-10,12,16H,4-8H2,1-3H3/t12-/m1/s1. The first-order valence-corrected chi connectivity index (χ1v) is 7.47. The normalized spacial score (nSPS) is 17.0. The number of methoxy groups -OCH3 is 2. The van der Waals surface area contributed by atoms with Crippen molar-refractivity contribution in [2.75, 3.05) is 40.4 Å². The van der Waals surface area contributed by atoms with Gasteiger partial charge in [0.15, 0.2) is 11.5 Å². The highest BCUT2D eigenvalue weighted by Crippen LogP contribution is 2.40. The summed E-state index contributed by atoms with van der Waals surface area (Å²) in [6.45, 7) is 5.61. The minimum Gasteiger partial charge on any atom is -0.493 e. The third kappa shape index (κ3) is 3.31. The van der Waals surface area contributed by atoms with Crippen LogP contribution in [0.25, 0.3) is 0 Å². The summed E-state index contributed by atoms with van der Waals surface area (Å²) >= 11 is 0. The van der Waals surface area contributed by atoms with Crippen molar-refractivity contribution in [1.29, 1.82) is 0 Å². The maximum atomic E-state index is 11.5. The molecular formula is C15H23N3O4. The van der Waals surface area contributed by atoms with Crippen LogP contribution in [0.2, 0.25) is 0 Å². The highest BCUT2D eigenvalue weighted by molar-refractivity contribution is 5.55. The summed E-state index contributed by atoms with van der Waals surface area (Å²) in [4.78, 5) is 13.4. The smallest absolute Gasteiger partial charge is 0.278 e. The van der Waals surface area contributed by atoms with E-state index in [1.807, 2.05) is 6.92 Å². The van der Waals surface area contributed by atoms with E-state index in [1.165, 1.54) is 13.2 Å². The molecule has 0 unspecified atom stereocenters. The Labute approximate surface area is 130 Å². The fourth-order valence-corrected chi connectivity index (χ4v) is 2.98. The number of nitrogens with zero attached hydrogens (tertiary/aromatic N) is 2. The van der Waals surface area contributed by atoms with Crippen molar-refractivity contribution in [2.24, 2.45) is 0 Å².